The van der Waals surface area contributed by atoms with Gasteiger partial charge in [-0.15, -0.1) is 0 Å². The lowest BCUT2D eigenvalue weighted by Gasteiger charge is -1.90. The maximum absolute atomic E-state index is 2.92. The fourth-order valence-corrected chi connectivity index (χ4v) is 1.08. The van der Waals surface area contributed by atoms with Crippen LogP contribution < -0.4 is 5.32 Å². The Morgan fingerprint density at radius 1 is 0.733 bits per heavy atom. The summed E-state index contributed by atoms with van der Waals surface area (Å²) in [6.07, 6.45) is 18.6. The van der Waals surface area contributed by atoms with Gasteiger partial charge in [0, 0.05) is 12.4 Å². The summed E-state index contributed by atoms with van der Waals surface area (Å²) in [7, 11) is 0. The fourth-order valence-electron chi connectivity index (χ4n) is 1.08. The third-order valence-corrected chi connectivity index (χ3v) is 1.93. The maximum Gasteiger partial charge on any atom is 0.000442 e. The molecular weight excluding hydrogens is 202 g/mol. The molecule has 0 spiro atoms. The summed E-state index contributed by atoms with van der Waals surface area (Å²) in [4.78, 5) is 0. The highest BCUT2D eigenvalue weighted by Gasteiger charge is 1.80. The van der Waals surface area contributed by atoms with Gasteiger partial charge in [0.25, 0.3) is 0 Å². The maximum atomic E-state index is 2.92. The van der Waals surface area contributed by atoms with Crippen LogP contribution in [0.15, 0.2) is 36.7 Å². The molecule has 1 aliphatic rings. The van der Waals surface area contributed by atoms with Gasteiger partial charge in [-0.25, -0.2) is 0 Å². The molecule has 15 heavy (non-hydrogen) atoms. The van der Waals surface area contributed by atoms with Crippen molar-refractivity contribution in [2.75, 3.05) is 0 Å². The van der Waals surface area contributed by atoms with Crippen LogP contribution in [0.5, 0.6) is 0 Å². The second-order valence-corrected chi connectivity index (χ2v) is 3.33. The van der Waals surface area contributed by atoms with Crippen molar-refractivity contribution in [2.45, 2.75) is 46.0 Å². The first-order valence-corrected chi connectivity index (χ1v) is 5.66. The van der Waals surface area contributed by atoms with Crippen molar-refractivity contribution in [3.63, 3.8) is 0 Å². The van der Waals surface area contributed by atoms with Crippen LogP contribution in [0.25, 0.3) is 0 Å². The number of hydrogen-bond acceptors (Lipinski definition) is 1. The molecule has 0 amide bonds. The van der Waals surface area contributed by atoms with Gasteiger partial charge in [-0.3, -0.25) is 0 Å². The van der Waals surface area contributed by atoms with Gasteiger partial charge >= 0.3 is 0 Å². The Morgan fingerprint density at radius 2 is 1.20 bits per heavy atom. The second-order valence-electron chi connectivity index (χ2n) is 3.33. The minimum Gasteiger partial charge on any atom is -0.368 e. The van der Waals surface area contributed by atoms with E-state index in [-0.39, 0.29) is 13.5 Å². The molecule has 88 valence electrons. The molecule has 0 bridgehead atoms. The van der Waals surface area contributed by atoms with E-state index in [2.05, 4.69) is 19.2 Å². The molecule has 0 atom stereocenters. The molecular formula is C13H25NS. The molecule has 2 heteroatoms. The zero-order chi connectivity index (χ0) is 10.5. The Hall–Kier alpha value is -0.630. The van der Waals surface area contributed by atoms with Crippen molar-refractivity contribution in [1.82, 2.24) is 5.32 Å². The third kappa shape index (κ3) is 16.1. The average Bonchev–Trinajstić information content (AvgIpc) is 2.51. The Morgan fingerprint density at radius 3 is 1.60 bits per heavy atom. The second kappa shape index (κ2) is 15.8. The summed E-state index contributed by atoms with van der Waals surface area (Å²) >= 11 is 0. The molecule has 0 radical (unpaired) electrons. The van der Waals surface area contributed by atoms with Crippen LogP contribution in [0.4, 0.5) is 0 Å². The molecule has 0 fully saturated rings. The molecule has 1 aliphatic heterocycles. The van der Waals surface area contributed by atoms with Crippen molar-refractivity contribution < 1.29 is 0 Å². The topological polar surface area (TPSA) is 12.0 Å². The van der Waals surface area contributed by atoms with E-state index in [1.807, 2.05) is 36.7 Å². The lowest BCUT2D eigenvalue weighted by atomic mass is 10.2. The van der Waals surface area contributed by atoms with Crippen LogP contribution in [-0.4, -0.2) is 0 Å². The molecule has 0 aromatic rings. The summed E-state index contributed by atoms with van der Waals surface area (Å²) in [5.74, 6) is 0. The summed E-state index contributed by atoms with van der Waals surface area (Å²) < 4.78 is 0. The Bertz CT molecular complexity index is 165. The molecule has 0 saturated carbocycles. The highest BCUT2D eigenvalue weighted by molar-refractivity contribution is 7.59. The van der Waals surface area contributed by atoms with Gasteiger partial charge in [0.1, 0.15) is 0 Å². The van der Waals surface area contributed by atoms with E-state index >= 15 is 0 Å². The van der Waals surface area contributed by atoms with Gasteiger partial charge in [0.2, 0.25) is 0 Å². The zero-order valence-electron chi connectivity index (χ0n) is 10.00. The largest absolute Gasteiger partial charge is 0.368 e. The van der Waals surface area contributed by atoms with Crippen molar-refractivity contribution in [1.29, 1.82) is 0 Å². The van der Waals surface area contributed by atoms with Crippen LogP contribution >= 0.6 is 13.5 Å². The van der Waals surface area contributed by atoms with Gasteiger partial charge in [-0.05, 0) is 12.2 Å². The van der Waals surface area contributed by atoms with E-state index in [1.54, 1.807) is 0 Å². The first kappa shape index (κ1) is 16.8. The Labute approximate surface area is 102 Å². The van der Waals surface area contributed by atoms with E-state index < -0.39 is 0 Å². The molecule has 0 aliphatic carbocycles. The smallest absolute Gasteiger partial charge is 0.000442 e. The average molecular weight is 227 g/mol. The summed E-state index contributed by atoms with van der Waals surface area (Å²) in [6.45, 7) is 4.49. The van der Waals surface area contributed by atoms with Crippen molar-refractivity contribution >= 4 is 13.5 Å². The van der Waals surface area contributed by atoms with Gasteiger partial charge in [0.05, 0.1) is 0 Å². The first-order valence-electron chi connectivity index (χ1n) is 5.66. The van der Waals surface area contributed by atoms with E-state index in [4.69, 9.17) is 0 Å². The molecule has 0 aromatic heterocycles. The van der Waals surface area contributed by atoms with Crippen LogP contribution in [0, 0.1) is 0 Å². The number of rotatable bonds is 4. The van der Waals surface area contributed by atoms with Gasteiger partial charge < -0.3 is 5.32 Å². The summed E-state index contributed by atoms with van der Waals surface area (Å²) in [5.41, 5.74) is 0. The van der Waals surface area contributed by atoms with E-state index in [0.717, 1.165) is 0 Å². The van der Waals surface area contributed by atoms with Gasteiger partial charge in [-0.2, -0.15) is 13.5 Å². The van der Waals surface area contributed by atoms with Crippen molar-refractivity contribution in [2.24, 2.45) is 0 Å². The van der Waals surface area contributed by atoms with Crippen LogP contribution in [0.2, 0.25) is 0 Å². The number of unbranched alkanes of at least 4 members (excludes halogenated alkanes) is 4. The number of hydrogen-bond donors (Lipinski definition) is 1. The van der Waals surface area contributed by atoms with Crippen molar-refractivity contribution in [3.05, 3.63) is 36.7 Å². The highest BCUT2D eigenvalue weighted by Crippen LogP contribution is 2.00. The molecule has 0 aromatic carbocycles. The fraction of sp³-hybridized carbons (Fsp3) is 0.538. The normalized spacial score (nSPS) is 11.9. The molecule has 1 rings (SSSR count). The predicted octanol–water partition coefficient (Wildman–Crippen LogP) is 4.26. The Balaban J connectivity index is 0. The standard InChI is InChI=1S/C7H16.C6H7N.H2S/c1-3-5-7-6-4-2;1-2-4-6-7-5-3-1;/h3-7H2,1-2H3;1-7H;1H2. The monoisotopic (exact) mass is 227 g/mol. The van der Waals surface area contributed by atoms with E-state index in [0.29, 0.717) is 0 Å². The molecule has 0 unspecified atom stereocenters. The number of nitrogens with one attached hydrogen (secondary N) is 1. The quantitative estimate of drug-likeness (QED) is 0.708. The minimum atomic E-state index is 0. The van der Waals surface area contributed by atoms with E-state index in [9.17, 15) is 0 Å². The van der Waals surface area contributed by atoms with Gasteiger partial charge in [-0.1, -0.05) is 58.1 Å². The van der Waals surface area contributed by atoms with Crippen LogP contribution in [0.3, 0.4) is 0 Å². The molecule has 1 heterocycles. The SMILES string of the molecule is C1=CC=CNC=C1.CCCCCCC.S. The molecule has 0 saturated heterocycles. The lowest BCUT2D eigenvalue weighted by molar-refractivity contribution is 0.656. The van der Waals surface area contributed by atoms with Gasteiger partial charge in [0.15, 0.2) is 0 Å². The highest BCUT2D eigenvalue weighted by atomic mass is 32.1. The first-order chi connectivity index (χ1) is 6.91. The molecule has 1 nitrogen and oxygen atoms in total. The third-order valence-electron chi connectivity index (χ3n) is 1.93. The Kier molecular flexibility index (Phi) is 17.7. The minimum absolute atomic E-state index is 0. The van der Waals surface area contributed by atoms with Crippen LogP contribution in [-0.2, 0) is 0 Å². The van der Waals surface area contributed by atoms with Crippen LogP contribution in [0.1, 0.15) is 46.0 Å². The zero-order valence-corrected chi connectivity index (χ0v) is 11.0. The summed E-state index contributed by atoms with van der Waals surface area (Å²) in [6, 6.07) is 0. The van der Waals surface area contributed by atoms with Crippen molar-refractivity contribution in [3.8, 4) is 0 Å². The number of allylic oxidation sites excluding steroid dienone is 4. The van der Waals surface area contributed by atoms with E-state index in [1.165, 1.54) is 32.1 Å². The predicted molar refractivity (Wildman–Crippen MR) is 75.4 cm³/mol. The summed E-state index contributed by atoms with van der Waals surface area (Å²) in [5, 5.41) is 2.92. The molecule has 1 N–H and O–H groups in total. The lowest BCUT2D eigenvalue weighted by Crippen LogP contribution is -1.87.